The second kappa shape index (κ2) is 6.02. The van der Waals surface area contributed by atoms with Gasteiger partial charge in [-0.3, -0.25) is 4.79 Å². The molecule has 2 N–H and O–H groups in total. The van der Waals surface area contributed by atoms with E-state index in [0.717, 1.165) is 0 Å². The molecule has 0 atom stereocenters. The minimum Gasteiger partial charge on any atom is -0.355 e. The normalized spacial score (nSPS) is 11.4. The molecule has 1 amide bonds. The highest BCUT2D eigenvalue weighted by molar-refractivity contribution is 7.89. The fourth-order valence-electron chi connectivity index (χ4n) is 1.22. The topological polar surface area (TPSA) is 75.3 Å². The molecule has 0 unspecified atom stereocenters. The van der Waals surface area contributed by atoms with Crippen molar-refractivity contribution in [3.8, 4) is 0 Å². The second-order valence-corrected chi connectivity index (χ2v) is 5.29. The number of nitrogens with one attached hydrogen (secondary N) is 2. The van der Waals surface area contributed by atoms with Gasteiger partial charge >= 0.3 is 0 Å². The SMILES string of the molecule is CC(=O)NCCNS(=O)(=O)c1ccc(F)c(F)c1F. The van der Waals surface area contributed by atoms with Crippen molar-refractivity contribution in [2.45, 2.75) is 11.8 Å². The van der Waals surface area contributed by atoms with Gasteiger partial charge < -0.3 is 5.32 Å². The number of halogens is 3. The van der Waals surface area contributed by atoms with Crippen LogP contribution in [0.2, 0.25) is 0 Å². The first-order valence-corrected chi connectivity index (χ1v) is 6.61. The highest BCUT2D eigenvalue weighted by atomic mass is 32.2. The maximum absolute atomic E-state index is 13.3. The summed E-state index contributed by atoms with van der Waals surface area (Å²) in [4.78, 5) is 9.54. The Morgan fingerprint density at radius 2 is 1.79 bits per heavy atom. The molecular formula is C10H11F3N2O3S. The summed E-state index contributed by atoms with van der Waals surface area (Å²) in [7, 11) is -4.31. The number of sulfonamides is 1. The first kappa shape index (κ1) is 15.4. The molecule has 1 rings (SSSR count). The molecule has 0 bridgehead atoms. The van der Waals surface area contributed by atoms with Crippen LogP contribution in [0.1, 0.15) is 6.92 Å². The quantitative estimate of drug-likeness (QED) is 0.614. The predicted octanol–water partition coefficient (Wildman–Crippen LogP) is 0.518. The summed E-state index contributed by atoms with van der Waals surface area (Å²) in [6.07, 6.45) is 0. The van der Waals surface area contributed by atoms with Crippen molar-refractivity contribution in [2.24, 2.45) is 0 Å². The molecule has 0 aliphatic carbocycles. The number of hydrogen-bond donors (Lipinski definition) is 2. The number of carbonyl (C=O) groups excluding carboxylic acids is 1. The van der Waals surface area contributed by atoms with Gasteiger partial charge in [0, 0.05) is 20.0 Å². The van der Waals surface area contributed by atoms with Gasteiger partial charge in [-0.15, -0.1) is 0 Å². The van der Waals surface area contributed by atoms with Gasteiger partial charge in [-0.25, -0.2) is 26.3 Å². The van der Waals surface area contributed by atoms with Gasteiger partial charge in [0.25, 0.3) is 0 Å². The second-order valence-electron chi connectivity index (χ2n) is 3.55. The van der Waals surface area contributed by atoms with Crippen molar-refractivity contribution in [3.63, 3.8) is 0 Å². The van der Waals surface area contributed by atoms with Crippen LogP contribution in [0.4, 0.5) is 13.2 Å². The Kier molecular flexibility index (Phi) is 4.90. The van der Waals surface area contributed by atoms with E-state index in [9.17, 15) is 26.4 Å². The van der Waals surface area contributed by atoms with Crippen LogP contribution >= 0.6 is 0 Å². The third kappa shape index (κ3) is 3.93. The van der Waals surface area contributed by atoms with Crippen LogP contribution in [0, 0.1) is 17.5 Å². The molecule has 0 saturated heterocycles. The Hall–Kier alpha value is -1.61. The van der Waals surface area contributed by atoms with Crippen LogP contribution in [0.3, 0.4) is 0 Å². The van der Waals surface area contributed by atoms with Gasteiger partial charge in [0.1, 0.15) is 4.90 Å². The monoisotopic (exact) mass is 296 g/mol. The van der Waals surface area contributed by atoms with Gasteiger partial charge in [0.05, 0.1) is 0 Å². The van der Waals surface area contributed by atoms with Crippen LogP contribution in [0.15, 0.2) is 17.0 Å². The summed E-state index contributed by atoms with van der Waals surface area (Å²) < 4.78 is 64.0. The molecule has 9 heteroatoms. The smallest absolute Gasteiger partial charge is 0.243 e. The maximum Gasteiger partial charge on any atom is 0.243 e. The molecule has 0 aliphatic rings. The molecule has 106 valence electrons. The van der Waals surface area contributed by atoms with Crippen molar-refractivity contribution >= 4 is 15.9 Å². The van der Waals surface area contributed by atoms with Crippen LogP contribution in [-0.4, -0.2) is 27.4 Å². The summed E-state index contributed by atoms with van der Waals surface area (Å²) in [5, 5.41) is 2.31. The van der Waals surface area contributed by atoms with Gasteiger partial charge in [0.2, 0.25) is 15.9 Å². The zero-order valence-corrected chi connectivity index (χ0v) is 10.7. The average Bonchev–Trinajstić information content (AvgIpc) is 2.31. The van der Waals surface area contributed by atoms with Gasteiger partial charge in [-0.1, -0.05) is 0 Å². The molecule has 0 aliphatic heterocycles. The lowest BCUT2D eigenvalue weighted by Crippen LogP contribution is -2.34. The fourth-order valence-corrected chi connectivity index (χ4v) is 2.32. The van der Waals surface area contributed by atoms with E-state index >= 15 is 0 Å². The summed E-state index contributed by atoms with van der Waals surface area (Å²) in [6.45, 7) is 1.02. The van der Waals surface area contributed by atoms with E-state index in [-0.39, 0.29) is 19.0 Å². The zero-order chi connectivity index (χ0) is 14.6. The average molecular weight is 296 g/mol. The van der Waals surface area contributed by atoms with Crippen LogP contribution in [0.25, 0.3) is 0 Å². The van der Waals surface area contributed by atoms with Crippen LogP contribution < -0.4 is 10.0 Å². The maximum atomic E-state index is 13.3. The minimum atomic E-state index is -4.31. The summed E-state index contributed by atoms with van der Waals surface area (Å²) >= 11 is 0. The number of hydrogen-bond acceptors (Lipinski definition) is 3. The van der Waals surface area contributed by atoms with Crippen molar-refractivity contribution in [1.82, 2.24) is 10.0 Å². The van der Waals surface area contributed by atoms with Crippen molar-refractivity contribution < 1.29 is 26.4 Å². The Morgan fingerprint density at radius 1 is 1.16 bits per heavy atom. The number of carbonyl (C=O) groups is 1. The van der Waals surface area contributed by atoms with E-state index in [1.807, 2.05) is 4.72 Å². The van der Waals surface area contributed by atoms with E-state index in [2.05, 4.69) is 5.32 Å². The van der Waals surface area contributed by atoms with Gasteiger partial charge in [-0.2, -0.15) is 0 Å². The number of benzene rings is 1. The largest absolute Gasteiger partial charge is 0.355 e. The minimum absolute atomic E-state index is 0.0140. The first-order valence-electron chi connectivity index (χ1n) is 5.13. The molecule has 1 aromatic rings. The summed E-state index contributed by atoms with van der Waals surface area (Å²) in [6, 6.07) is 1.13. The lowest BCUT2D eigenvalue weighted by molar-refractivity contribution is -0.118. The molecule has 0 radical (unpaired) electrons. The van der Waals surface area contributed by atoms with Crippen molar-refractivity contribution in [2.75, 3.05) is 13.1 Å². The highest BCUT2D eigenvalue weighted by Gasteiger charge is 2.23. The van der Waals surface area contributed by atoms with E-state index in [1.54, 1.807) is 0 Å². The zero-order valence-electron chi connectivity index (χ0n) is 9.84. The third-order valence-corrected chi connectivity index (χ3v) is 3.56. The van der Waals surface area contributed by atoms with E-state index in [0.29, 0.717) is 12.1 Å². The Labute approximate surface area is 107 Å². The molecule has 5 nitrogen and oxygen atoms in total. The molecule has 1 aromatic carbocycles. The molecule has 19 heavy (non-hydrogen) atoms. The van der Waals surface area contributed by atoms with E-state index < -0.39 is 32.4 Å². The van der Waals surface area contributed by atoms with Gasteiger partial charge in [0.15, 0.2) is 17.5 Å². The Bertz CT molecular complexity index is 590. The van der Waals surface area contributed by atoms with Crippen molar-refractivity contribution in [3.05, 3.63) is 29.6 Å². The fraction of sp³-hybridized carbons (Fsp3) is 0.300. The van der Waals surface area contributed by atoms with Crippen LogP contribution in [0.5, 0.6) is 0 Å². The molecule has 0 fully saturated rings. The summed E-state index contributed by atoms with van der Waals surface area (Å²) in [5.74, 6) is -5.48. The Balaban J connectivity index is 2.84. The lowest BCUT2D eigenvalue weighted by Gasteiger charge is -2.08. The molecule has 0 spiro atoms. The predicted molar refractivity (Wildman–Crippen MR) is 60.2 cm³/mol. The van der Waals surface area contributed by atoms with Crippen molar-refractivity contribution in [1.29, 1.82) is 0 Å². The standard InChI is InChI=1S/C10H11F3N2O3S/c1-6(16)14-4-5-15-19(17,18)8-3-2-7(11)9(12)10(8)13/h2-3,15H,4-5H2,1H3,(H,14,16). The van der Waals surface area contributed by atoms with E-state index in [4.69, 9.17) is 0 Å². The number of rotatable bonds is 5. The summed E-state index contributed by atoms with van der Waals surface area (Å²) in [5.41, 5.74) is 0. The number of amides is 1. The van der Waals surface area contributed by atoms with Crippen LogP contribution in [-0.2, 0) is 14.8 Å². The lowest BCUT2D eigenvalue weighted by atomic mass is 10.3. The molecule has 0 heterocycles. The van der Waals surface area contributed by atoms with E-state index in [1.165, 1.54) is 6.92 Å². The molecule has 0 saturated carbocycles. The molecular weight excluding hydrogens is 285 g/mol. The van der Waals surface area contributed by atoms with Gasteiger partial charge in [-0.05, 0) is 12.1 Å². The highest BCUT2D eigenvalue weighted by Crippen LogP contribution is 2.19. The third-order valence-electron chi connectivity index (χ3n) is 2.08. The first-order chi connectivity index (χ1) is 8.75. The Morgan fingerprint density at radius 3 is 2.37 bits per heavy atom. The molecule has 0 aromatic heterocycles.